The van der Waals surface area contributed by atoms with E-state index in [1.807, 2.05) is 4.90 Å². The molecule has 0 unspecified atom stereocenters. The van der Waals surface area contributed by atoms with Crippen LogP contribution in [0.15, 0.2) is 0 Å². The third kappa shape index (κ3) is 5.13. The van der Waals surface area contributed by atoms with Gasteiger partial charge in [0.2, 0.25) is 17.7 Å². The maximum absolute atomic E-state index is 12.8. The molecule has 0 N–H and O–H groups in total. The summed E-state index contributed by atoms with van der Waals surface area (Å²) in [6.07, 6.45) is 10.00. The fourth-order valence-corrected chi connectivity index (χ4v) is 5.52. The van der Waals surface area contributed by atoms with Crippen LogP contribution in [0.3, 0.4) is 0 Å². The molecule has 0 aromatic rings. The fourth-order valence-electron chi connectivity index (χ4n) is 5.52. The number of hydrogen-bond acceptors (Lipinski definition) is 3. The van der Waals surface area contributed by atoms with Crippen LogP contribution < -0.4 is 0 Å². The Hall–Kier alpha value is -1.59. The van der Waals surface area contributed by atoms with E-state index in [1.54, 1.807) is 6.92 Å². The van der Waals surface area contributed by atoms with E-state index < -0.39 is 0 Å². The number of carbonyl (C=O) groups is 3. The molecule has 0 bridgehead atoms. The first-order valence-electron chi connectivity index (χ1n) is 11.8. The summed E-state index contributed by atoms with van der Waals surface area (Å²) in [5.41, 5.74) is 0.261. The van der Waals surface area contributed by atoms with Gasteiger partial charge in [-0.3, -0.25) is 14.4 Å². The smallest absolute Gasteiger partial charge is 0.222 e. The van der Waals surface area contributed by atoms with E-state index in [0.29, 0.717) is 30.6 Å². The highest BCUT2D eigenvalue weighted by atomic mass is 16.2. The molecule has 6 nitrogen and oxygen atoms in total. The van der Waals surface area contributed by atoms with Crippen LogP contribution in [0.2, 0.25) is 0 Å². The average Bonchev–Trinajstić information content (AvgIpc) is 3.55. The van der Waals surface area contributed by atoms with Gasteiger partial charge in [0.15, 0.2) is 0 Å². The lowest BCUT2D eigenvalue weighted by Gasteiger charge is -2.42. The topological polar surface area (TPSA) is 60.9 Å². The molecule has 29 heavy (non-hydrogen) atoms. The lowest BCUT2D eigenvalue weighted by atomic mass is 9.73. The summed E-state index contributed by atoms with van der Waals surface area (Å²) in [7, 11) is 0. The summed E-state index contributed by atoms with van der Waals surface area (Å²) >= 11 is 0. The molecule has 0 atom stereocenters. The van der Waals surface area contributed by atoms with Crippen molar-refractivity contribution in [1.82, 2.24) is 14.7 Å². The maximum Gasteiger partial charge on any atom is 0.222 e. The normalized spacial score (nSPS) is 26.0. The van der Waals surface area contributed by atoms with Gasteiger partial charge in [-0.25, -0.2) is 0 Å². The number of piperidine rings is 2. The van der Waals surface area contributed by atoms with Gasteiger partial charge in [0, 0.05) is 59.0 Å². The predicted molar refractivity (Wildman–Crippen MR) is 111 cm³/mol. The molecule has 1 saturated carbocycles. The van der Waals surface area contributed by atoms with Crippen molar-refractivity contribution in [3.05, 3.63) is 0 Å². The fraction of sp³-hybridized carbons (Fsp3) is 0.870. The second kappa shape index (κ2) is 8.65. The van der Waals surface area contributed by atoms with Gasteiger partial charge < -0.3 is 14.7 Å². The first kappa shape index (κ1) is 20.7. The number of hydrogen-bond donors (Lipinski definition) is 0. The third-order valence-electron chi connectivity index (χ3n) is 8.01. The van der Waals surface area contributed by atoms with Crippen LogP contribution in [-0.2, 0) is 14.4 Å². The molecule has 0 radical (unpaired) electrons. The summed E-state index contributed by atoms with van der Waals surface area (Å²) in [4.78, 5) is 42.9. The Morgan fingerprint density at radius 2 is 1.52 bits per heavy atom. The van der Waals surface area contributed by atoms with Crippen LogP contribution in [0.1, 0.15) is 71.1 Å². The lowest BCUT2D eigenvalue weighted by molar-refractivity contribution is -0.135. The van der Waals surface area contributed by atoms with Gasteiger partial charge in [0.1, 0.15) is 0 Å². The summed E-state index contributed by atoms with van der Waals surface area (Å²) in [6, 6.07) is 0. The molecule has 3 heterocycles. The number of likely N-dealkylation sites (tertiary alicyclic amines) is 3. The molecule has 3 amide bonds. The Morgan fingerprint density at radius 3 is 2.14 bits per heavy atom. The Morgan fingerprint density at radius 1 is 0.862 bits per heavy atom. The average molecular weight is 404 g/mol. The molecule has 1 aliphatic carbocycles. The van der Waals surface area contributed by atoms with E-state index in [4.69, 9.17) is 0 Å². The largest absolute Gasteiger partial charge is 0.343 e. The zero-order valence-electron chi connectivity index (χ0n) is 18.0. The number of nitrogens with zero attached hydrogens (tertiary/aromatic N) is 3. The Kier molecular flexibility index (Phi) is 6.16. The van der Waals surface area contributed by atoms with E-state index in [-0.39, 0.29) is 11.3 Å². The van der Waals surface area contributed by atoms with Crippen LogP contribution in [0.25, 0.3) is 0 Å². The van der Waals surface area contributed by atoms with Gasteiger partial charge in [0.25, 0.3) is 0 Å². The van der Waals surface area contributed by atoms with Crippen molar-refractivity contribution in [2.45, 2.75) is 71.1 Å². The molecule has 0 aromatic carbocycles. The molecule has 6 heteroatoms. The van der Waals surface area contributed by atoms with Gasteiger partial charge >= 0.3 is 0 Å². The highest BCUT2D eigenvalue weighted by molar-refractivity contribution is 5.77. The molecule has 4 rings (SSSR count). The highest BCUT2D eigenvalue weighted by Gasteiger charge is 2.40. The van der Waals surface area contributed by atoms with E-state index in [1.165, 1.54) is 12.8 Å². The zero-order chi connectivity index (χ0) is 20.4. The third-order valence-corrected chi connectivity index (χ3v) is 8.01. The van der Waals surface area contributed by atoms with E-state index in [0.717, 1.165) is 83.7 Å². The quantitative estimate of drug-likeness (QED) is 0.725. The Bertz CT molecular complexity index is 629. The summed E-state index contributed by atoms with van der Waals surface area (Å²) in [6.45, 7) is 6.80. The van der Waals surface area contributed by atoms with E-state index in [9.17, 15) is 14.4 Å². The minimum Gasteiger partial charge on any atom is -0.343 e. The van der Waals surface area contributed by atoms with Crippen LogP contribution in [0.5, 0.6) is 0 Å². The van der Waals surface area contributed by atoms with Gasteiger partial charge in [-0.05, 0) is 68.6 Å². The van der Waals surface area contributed by atoms with Crippen LogP contribution >= 0.6 is 0 Å². The van der Waals surface area contributed by atoms with Crippen molar-refractivity contribution < 1.29 is 14.4 Å². The first-order chi connectivity index (χ1) is 13.9. The van der Waals surface area contributed by atoms with Crippen molar-refractivity contribution in [1.29, 1.82) is 0 Å². The Labute approximate surface area is 175 Å². The van der Waals surface area contributed by atoms with Crippen molar-refractivity contribution >= 4 is 17.7 Å². The van der Waals surface area contributed by atoms with Crippen LogP contribution in [0.4, 0.5) is 0 Å². The molecular weight excluding hydrogens is 366 g/mol. The van der Waals surface area contributed by atoms with Gasteiger partial charge in [-0.15, -0.1) is 0 Å². The molecule has 162 valence electrons. The summed E-state index contributed by atoms with van der Waals surface area (Å²) < 4.78 is 0. The molecule has 4 aliphatic rings. The zero-order valence-corrected chi connectivity index (χ0v) is 18.0. The summed E-state index contributed by atoms with van der Waals surface area (Å²) in [5, 5.41) is 0. The van der Waals surface area contributed by atoms with Crippen molar-refractivity contribution in [2.24, 2.45) is 17.3 Å². The highest BCUT2D eigenvalue weighted by Crippen LogP contribution is 2.42. The second-order valence-corrected chi connectivity index (χ2v) is 10.1. The van der Waals surface area contributed by atoms with Gasteiger partial charge in [0.05, 0.1) is 0 Å². The van der Waals surface area contributed by atoms with E-state index >= 15 is 0 Å². The van der Waals surface area contributed by atoms with E-state index in [2.05, 4.69) is 9.80 Å². The monoisotopic (exact) mass is 403 g/mol. The lowest BCUT2D eigenvalue weighted by Crippen LogP contribution is -2.45. The number of rotatable bonds is 4. The van der Waals surface area contributed by atoms with Crippen LogP contribution in [0, 0.1) is 17.3 Å². The van der Waals surface area contributed by atoms with Crippen molar-refractivity contribution in [3.63, 3.8) is 0 Å². The molecular formula is C23H37N3O3. The first-order valence-corrected chi connectivity index (χ1v) is 11.8. The van der Waals surface area contributed by atoms with Crippen molar-refractivity contribution in [2.75, 3.05) is 39.3 Å². The molecule has 3 aliphatic heterocycles. The molecule has 1 spiro atoms. The SMILES string of the molecule is CC(=O)N1CCC(CC(=O)N2CCC3(CCC(=O)N(CC4CC4)CC3)CC2)CC1. The standard InChI is InChI=1S/C23H37N3O3/c1-18(27)24-11-5-19(6-12-24)16-22(29)25-13-8-23(9-14-25)7-4-21(28)26(15-10-23)17-20-2-3-20/h19-20H,2-17H2,1H3. The maximum atomic E-state index is 12.8. The molecule has 0 aromatic heterocycles. The minimum absolute atomic E-state index is 0.147. The number of carbonyl (C=O) groups excluding carboxylic acids is 3. The van der Waals surface area contributed by atoms with Gasteiger partial charge in [-0.2, -0.15) is 0 Å². The second-order valence-electron chi connectivity index (χ2n) is 10.1. The Balaban J connectivity index is 1.23. The summed E-state index contributed by atoms with van der Waals surface area (Å²) in [5.74, 6) is 1.97. The number of amides is 3. The molecule has 3 saturated heterocycles. The molecule has 4 fully saturated rings. The van der Waals surface area contributed by atoms with Crippen LogP contribution in [-0.4, -0.2) is 71.7 Å². The van der Waals surface area contributed by atoms with Gasteiger partial charge in [-0.1, -0.05) is 0 Å². The predicted octanol–water partition coefficient (Wildman–Crippen LogP) is 2.67. The van der Waals surface area contributed by atoms with Crippen molar-refractivity contribution in [3.8, 4) is 0 Å². The minimum atomic E-state index is 0.147.